The zero-order chi connectivity index (χ0) is 17.6. The number of hydrogen-bond acceptors (Lipinski definition) is 5. The zero-order valence-electron chi connectivity index (χ0n) is 13.2. The number of para-hydroxylation sites is 2. The van der Waals surface area contributed by atoms with Crippen LogP contribution in [0, 0.1) is 0 Å². The fourth-order valence-corrected chi connectivity index (χ4v) is 4.16. The van der Waals surface area contributed by atoms with Crippen LogP contribution in [-0.2, 0) is 0 Å². The Kier molecular flexibility index (Phi) is 3.97. The highest BCUT2D eigenvalue weighted by Crippen LogP contribution is 2.34. The molecule has 7 heteroatoms. The fourth-order valence-electron chi connectivity index (χ4n) is 2.72. The molecular weight excluding hydrogens is 404 g/mol. The molecule has 0 radical (unpaired) electrons. The maximum absolute atomic E-state index is 12.8. The van der Waals surface area contributed by atoms with Gasteiger partial charge in [-0.25, -0.2) is 9.38 Å². The second-order valence-electron chi connectivity index (χ2n) is 5.41. The molecule has 0 spiro atoms. The lowest BCUT2D eigenvalue weighted by Crippen LogP contribution is -2.22. The first-order chi connectivity index (χ1) is 12.1. The van der Waals surface area contributed by atoms with E-state index in [1.807, 2.05) is 31.2 Å². The fraction of sp³-hybridized carbons (Fsp3) is 0.111. The normalized spacial score (nSPS) is 12.3. The lowest BCUT2D eigenvalue weighted by atomic mass is 10.2. The molecule has 0 aliphatic heterocycles. The van der Waals surface area contributed by atoms with E-state index in [-0.39, 0.29) is 11.3 Å². The van der Waals surface area contributed by atoms with Crippen molar-refractivity contribution in [3.05, 3.63) is 61.3 Å². The van der Waals surface area contributed by atoms with Crippen LogP contribution in [0.2, 0.25) is 0 Å². The number of phenolic OH excluding ortho intramolecular Hbond substituents is 1. The van der Waals surface area contributed by atoms with Crippen LogP contribution in [0.1, 0.15) is 12.5 Å². The van der Waals surface area contributed by atoms with Crippen molar-refractivity contribution in [2.75, 3.05) is 6.61 Å². The molecule has 0 amide bonds. The van der Waals surface area contributed by atoms with Crippen molar-refractivity contribution in [3.8, 4) is 11.5 Å². The number of aromatic nitrogens is 2. The van der Waals surface area contributed by atoms with Crippen LogP contribution in [-0.4, -0.2) is 21.1 Å². The largest absolute Gasteiger partial charge is 0.504 e. The van der Waals surface area contributed by atoms with Gasteiger partial charge in [0.15, 0.2) is 16.5 Å². The summed E-state index contributed by atoms with van der Waals surface area (Å²) in [6, 6.07) is 11.0. The van der Waals surface area contributed by atoms with Gasteiger partial charge in [-0.2, -0.15) is 0 Å². The topological polar surface area (TPSA) is 63.8 Å². The second kappa shape index (κ2) is 6.16. The van der Waals surface area contributed by atoms with E-state index in [9.17, 15) is 9.90 Å². The third-order valence-electron chi connectivity index (χ3n) is 3.80. The molecule has 0 atom stereocenters. The Morgan fingerprint density at radius 1 is 1.36 bits per heavy atom. The number of rotatable bonds is 3. The van der Waals surface area contributed by atoms with E-state index >= 15 is 0 Å². The summed E-state index contributed by atoms with van der Waals surface area (Å²) in [6.45, 7) is 2.29. The molecule has 1 N–H and O–H groups in total. The van der Waals surface area contributed by atoms with E-state index in [1.165, 1.54) is 11.3 Å². The highest BCUT2D eigenvalue weighted by atomic mass is 79.9. The first-order valence-corrected chi connectivity index (χ1v) is 9.26. The molecule has 0 aliphatic rings. The van der Waals surface area contributed by atoms with E-state index in [0.29, 0.717) is 27.4 Å². The van der Waals surface area contributed by atoms with E-state index in [4.69, 9.17) is 4.74 Å². The van der Waals surface area contributed by atoms with E-state index in [0.717, 1.165) is 15.5 Å². The van der Waals surface area contributed by atoms with Crippen LogP contribution in [0.5, 0.6) is 11.5 Å². The van der Waals surface area contributed by atoms with Crippen molar-refractivity contribution in [2.45, 2.75) is 6.92 Å². The van der Waals surface area contributed by atoms with Gasteiger partial charge in [-0.15, -0.1) is 0 Å². The van der Waals surface area contributed by atoms with Crippen molar-refractivity contribution in [1.29, 1.82) is 0 Å². The molecule has 2 aromatic heterocycles. The molecule has 25 heavy (non-hydrogen) atoms. The predicted octanol–water partition coefficient (Wildman–Crippen LogP) is 3.32. The van der Waals surface area contributed by atoms with Gasteiger partial charge in [0.25, 0.3) is 5.56 Å². The van der Waals surface area contributed by atoms with Crippen LogP contribution >= 0.6 is 27.3 Å². The second-order valence-corrected chi connectivity index (χ2v) is 7.33. The van der Waals surface area contributed by atoms with Gasteiger partial charge in [0, 0.05) is 10.0 Å². The molecule has 5 nitrogen and oxygen atoms in total. The van der Waals surface area contributed by atoms with Crippen LogP contribution in [0.15, 0.2) is 45.7 Å². The number of imidazole rings is 1. The Morgan fingerprint density at radius 3 is 2.96 bits per heavy atom. The van der Waals surface area contributed by atoms with E-state index < -0.39 is 0 Å². The third-order valence-corrected chi connectivity index (χ3v) is 5.23. The van der Waals surface area contributed by atoms with Gasteiger partial charge in [-0.1, -0.05) is 39.4 Å². The zero-order valence-corrected chi connectivity index (χ0v) is 15.6. The first kappa shape index (κ1) is 16.1. The number of nitrogens with zero attached hydrogens (tertiary/aromatic N) is 2. The van der Waals surface area contributed by atoms with Crippen molar-refractivity contribution < 1.29 is 9.84 Å². The summed E-state index contributed by atoms with van der Waals surface area (Å²) in [5.41, 5.74) is 1.95. The van der Waals surface area contributed by atoms with E-state index in [2.05, 4.69) is 20.9 Å². The summed E-state index contributed by atoms with van der Waals surface area (Å²) in [4.78, 5) is 17.9. The van der Waals surface area contributed by atoms with Gasteiger partial charge in [-0.3, -0.25) is 4.79 Å². The molecule has 0 saturated carbocycles. The highest BCUT2D eigenvalue weighted by molar-refractivity contribution is 9.10. The van der Waals surface area contributed by atoms with Crippen LogP contribution in [0.25, 0.3) is 22.1 Å². The molecule has 0 bridgehead atoms. The van der Waals surface area contributed by atoms with Gasteiger partial charge in [0.05, 0.1) is 22.2 Å². The third kappa shape index (κ3) is 2.69. The van der Waals surface area contributed by atoms with Crippen LogP contribution in [0.3, 0.4) is 0 Å². The van der Waals surface area contributed by atoms with E-state index in [1.54, 1.807) is 22.6 Å². The number of thiazole rings is 1. The van der Waals surface area contributed by atoms with Gasteiger partial charge < -0.3 is 9.84 Å². The van der Waals surface area contributed by atoms with Crippen molar-refractivity contribution >= 4 is 49.3 Å². The Bertz CT molecular complexity index is 1210. The van der Waals surface area contributed by atoms with Crippen molar-refractivity contribution in [3.63, 3.8) is 0 Å². The van der Waals surface area contributed by atoms with Gasteiger partial charge in [0.1, 0.15) is 0 Å². The number of benzene rings is 2. The minimum atomic E-state index is -0.147. The molecule has 126 valence electrons. The Labute approximate surface area is 154 Å². The maximum atomic E-state index is 12.8. The molecule has 2 heterocycles. The summed E-state index contributed by atoms with van der Waals surface area (Å²) in [5.74, 6) is 0.391. The number of phenols is 1. The number of halogens is 1. The summed E-state index contributed by atoms with van der Waals surface area (Å²) in [7, 11) is 0. The van der Waals surface area contributed by atoms with Crippen molar-refractivity contribution in [2.24, 2.45) is 0 Å². The molecular formula is C18H13BrN2O3S. The van der Waals surface area contributed by atoms with Crippen LogP contribution < -0.4 is 14.8 Å². The number of aromatic hydroxyl groups is 1. The number of ether oxygens (including phenoxy) is 1. The average Bonchev–Trinajstić information content (AvgIpc) is 3.09. The Morgan fingerprint density at radius 2 is 2.16 bits per heavy atom. The average molecular weight is 417 g/mol. The van der Waals surface area contributed by atoms with Gasteiger partial charge >= 0.3 is 0 Å². The quantitative estimate of drug-likeness (QED) is 0.556. The lowest BCUT2D eigenvalue weighted by Gasteiger charge is -2.08. The molecule has 2 aromatic carbocycles. The summed E-state index contributed by atoms with van der Waals surface area (Å²) < 4.78 is 8.30. The SMILES string of the molecule is CCOc1cc(Br)cc(C=c2sc3nc4ccccc4n3c2=O)c1O. The summed E-state index contributed by atoms with van der Waals surface area (Å²) in [6.07, 6.45) is 1.67. The molecule has 0 fully saturated rings. The Balaban J connectivity index is 1.96. The summed E-state index contributed by atoms with van der Waals surface area (Å²) in [5, 5.41) is 10.4. The minimum Gasteiger partial charge on any atom is -0.504 e. The number of fused-ring (bicyclic) bond motifs is 3. The Hall–Kier alpha value is -2.38. The standard InChI is InChI=1S/C18H13BrN2O3S/c1-2-24-14-9-11(19)7-10(16(14)22)8-15-17(23)21-13-6-4-3-5-12(13)20-18(21)25-15/h3-9,22H,2H2,1H3. The lowest BCUT2D eigenvalue weighted by molar-refractivity contribution is 0.317. The molecule has 0 saturated heterocycles. The molecule has 4 aromatic rings. The smallest absolute Gasteiger partial charge is 0.274 e. The monoisotopic (exact) mass is 416 g/mol. The summed E-state index contributed by atoms with van der Waals surface area (Å²) >= 11 is 4.70. The van der Waals surface area contributed by atoms with Crippen LogP contribution in [0.4, 0.5) is 0 Å². The van der Waals surface area contributed by atoms with Gasteiger partial charge in [-0.05, 0) is 37.3 Å². The highest BCUT2D eigenvalue weighted by Gasteiger charge is 2.13. The van der Waals surface area contributed by atoms with Crippen molar-refractivity contribution in [1.82, 2.24) is 9.38 Å². The van der Waals surface area contributed by atoms with Gasteiger partial charge in [0.2, 0.25) is 0 Å². The maximum Gasteiger partial charge on any atom is 0.274 e. The molecule has 0 aliphatic carbocycles. The molecule has 0 unspecified atom stereocenters. The minimum absolute atomic E-state index is 0.0142. The first-order valence-electron chi connectivity index (χ1n) is 7.65. The molecule has 4 rings (SSSR count). The number of hydrogen-bond donors (Lipinski definition) is 1. The predicted molar refractivity (Wildman–Crippen MR) is 103 cm³/mol.